The molecule has 1 fully saturated rings. The lowest BCUT2D eigenvalue weighted by Crippen LogP contribution is -2.61. The van der Waals surface area contributed by atoms with Crippen LogP contribution in [0.15, 0.2) is 150 Å². The van der Waals surface area contributed by atoms with Gasteiger partial charge in [0.05, 0.1) is 39.6 Å². The first kappa shape index (κ1) is 34.2. The molecule has 6 nitrogen and oxygen atoms in total. The molecular formula is C41H41BrO6. The van der Waals surface area contributed by atoms with E-state index in [-0.39, 0.29) is 6.61 Å². The Morgan fingerprint density at radius 2 is 0.875 bits per heavy atom. The summed E-state index contributed by atoms with van der Waals surface area (Å²) in [4.78, 5) is 0. The molecule has 248 valence electrons. The van der Waals surface area contributed by atoms with Crippen LogP contribution in [0.25, 0.3) is 0 Å². The molecule has 7 heteroatoms. The van der Waals surface area contributed by atoms with Gasteiger partial charge in [-0.2, -0.15) is 0 Å². The molecule has 5 atom stereocenters. The molecule has 0 bridgehead atoms. The van der Waals surface area contributed by atoms with Crippen LogP contribution >= 0.6 is 15.9 Å². The van der Waals surface area contributed by atoms with E-state index in [1.54, 1.807) is 0 Å². The molecular weight excluding hydrogens is 668 g/mol. The van der Waals surface area contributed by atoms with Gasteiger partial charge in [-0.25, -0.2) is 0 Å². The predicted molar refractivity (Wildman–Crippen MR) is 189 cm³/mol. The molecule has 6 rings (SSSR count). The number of hydrogen-bond donors (Lipinski definition) is 0. The molecule has 48 heavy (non-hydrogen) atoms. The maximum Gasteiger partial charge on any atom is 0.187 e. The molecule has 0 aromatic heterocycles. The lowest BCUT2D eigenvalue weighted by Gasteiger charge is -2.46. The highest BCUT2D eigenvalue weighted by Crippen LogP contribution is 2.32. The molecule has 1 aliphatic heterocycles. The van der Waals surface area contributed by atoms with Crippen molar-refractivity contribution in [1.29, 1.82) is 0 Å². The van der Waals surface area contributed by atoms with Crippen molar-refractivity contribution in [3.05, 3.63) is 178 Å². The van der Waals surface area contributed by atoms with Crippen LogP contribution in [0.3, 0.4) is 0 Å². The molecule has 0 aliphatic carbocycles. The van der Waals surface area contributed by atoms with Gasteiger partial charge in [0.2, 0.25) is 0 Å². The van der Waals surface area contributed by atoms with Crippen LogP contribution in [-0.2, 0) is 61.5 Å². The van der Waals surface area contributed by atoms with E-state index in [1.807, 2.05) is 121 Å². The zero-order valence-corrected chi connectivity index (χ0v) is 28.4. The molecule has 0 N–H and O–H groups in total. The third-order valence-electron chi connectivity index (χ3n) is 8.20. The van der Waals surface area contributed by atoms with Gasteiger partial charge in [-0.1, -0.05) is 155 Å². The summed E-state index contributed by atoms with van der Waals surface area (Å²) < 4.78 is 40.8. The van der Waals surface area contributed by atoms with Crippen molar-refractivity contribution in [3.63, 3.8) is 0 Å². The highest BCUT2D eigenvalue weighted by Gasteiger charge is 2.49. The van der Waals surface area contributed by atoms with Crippen LogP contribution in [-0.4, -0.2) is 37.3 Å². The molecule has 0 unspecified atom stereocenters. The quantitative estimate of drug-likeness (QED) is 0.102. The summed E-state index contributed by atoms with van der Waals surface area (Å²) in [5, 5.41) is 0. The second-order valence-electron chi connectivity index (χ2n) is 11.7. The molecule has 0 radical (unpaired) electrons. The van der Waals surface area contributed by atoms with E-state index in [0.29, 0.717) is 33.0 Å². The number of ether oxygens (including phenoxy) is 6. The molecule has 5 aromatic rings. The average Bonchev–Trinajstić information content (AvgIpc) is 3.14. The van der Waals surface area contributed by atoms with Crippen molar-refractivity contribution >= 4 is 15.9 Å². The Balaban J connectivity index is 1.30. The van der Waals surface area contributed by atoms with Gasteiger partial charge in [0.1, 0.15) is 24.4 Å². The summed E-state index contributed by atoms with van der Waals surface area (Å²) in [7, 11) is 0. The van der Waals surface area contributed by atoms with E-state index in [4.69, 9.17) is 28.4 Å². The average molecular weight is 710 g/mol. The lowest BCUT2D eigenvalue weighted by atomic mass is 9.97. The Kier molecular flexibility index (Phi) is 13.0. The second-order valence-corrected chi connectivity index (χ2v) is 12.6. The minimum atomic E-state index is -0.761. The Labute approximate surface area is 291 Å². The number of hydrogen-bond acceptors (Lipinski definition) is 6. The molecule has 1 heterocycles. The van der Waals surface area contributed by atoms with E-state index in [2.05, 4.69) is 40.2 Å². The SMILES string of the molecule is Brc1ccccc1CO[C@H]1O[C@H](COCc2ccccc2)[C@@H](OCc2ccccc2)[C@H](OCc2ccccc2)[C@@H]1OCc1ccccc1. The lowest BCUT2D eigenvalue weighted by molar-refractivity contribution is -0.330. The van der Waals surface area contributed by atoms with Gasteiger partial charge in [-0.05, 0) is 33.9 Å². The highest BCUT2D eigenvalue weighted by molar-refractivity contribution is 9.10. The van der Waals surface area contributed by atoms with Gasteiger partial charge in [-0.3, -0.25) is 0 Å². The van der Waals surface area contributed by atoms with E-state index >= 15 is 0 Å². The van der Waals surface area contributed by atoms with E-state index in [1.165, 1.54) is 0 Å². The molecule has 1 aliphatic rings. The van der Waals surface area contributed by atoms with Crippen LogP contribution in [0.1, 0.15) is 27.8 Å². The fraction of sp³-hybridized carbons (Fsp3) is 0.268. The smallest absolute Gasteiger partial charge is 0.187 e. The minimum absolute atomic E-state index is 0.278. The number of rotatable bonds is 16. The van der Waals surface area contributed by atoms with Crippen molar-refractivity contribution in [2.75, 3.05) is 6.61 Å². The Morgan fingerprint density at radius 3 is 1.40 bits per heavy atom. The standard InChI is InChI=1S/C41H41BrO6/c42-36-24-14-13-23-35(36)29-47-41-40(46-28-34-21-11-4-12-22-34)39(45-27-33-19-9-3-10-20-33)38(44-26-32-17-7-2-8-18-32)37(48-41)30-43-25-31-15-5-1-6-16-31/h1-24,37-41H,25-30H2/t37-,38-,39+,40+,41+/m1/s1. The first-order chi connectivity index (χ1) is 23.7. The third-order valence-corrected chi connectivity index (χ3v) is 8.98. The van der Waals surface area contributed by atoms with Crippen LogP contribution in [0.5, 0.6) is 0 Å². The van der Waals surface area contributed by atoms with E-state index < -0.39 is 30.7 Å². The first-order valence-corrected chi connectivity index (χ1v) is 17.1. The first-order valence-electron chi connectivity index (χ1n) is 16.3. The largest absolute Gasteiger partial charge is 0.374 e. The predicted octanol–water partition coefficient (Wildman–Crippen LogP) is 8.66. The van der Waals surface area contributed by atoms with Crippen LogP contribution in [0, 0.1) is 0 Å². The van der Waals surface area contributed by atoms with Crippen molar-refractivity contribution in [2.45, 2.75) is 63.7 Å². The summed E-state index contributed by atoms with van der Waals surface area (Å²) in [5.74, 6) is 0. The zero-order valence-electron chi connectivity index (χ0n) is 26.8. The molecule has 1 saturated heterocycles. The van der Waals surface area contributed by atoms with Gasteiger partial charge in [0.25, 0.3) is 0 Å². The third kappa shape index (κ3) is 9.94. The Bertz CT molecular complexity index is 1620. The fourth-order valence-electron chi connectivity index (χ4n) is 5.67. The Morgan fingerprint density at radius 1 is 0.438 bits per heavy atom. The second kappa shape index (κ2) is 18.2. The number of halogens is 1. The van der Waals surface area contributed by atoms with Gasteiger partial charge >= 0.3 is 0 Å². The maximum atomic E-state index is 6.80. The number of benzene rings is 5. The Hall–Kier alpha value is -3.66. The van der Waals surface area contributed by atoms with Crippen LogP contribution < -0.4 is 0 Å². The molecule has 5 aromatic carbocycles. The molecule has 0 spiro atoms. The summed E-state index contributed by atoms with van der Waals surface area (Å²) in [6.45, 7) is 2.14. The van der Waals surface area contributed by atoms with Gasteiger partial charge in [-0.15, -0.1) is 0 Å². The van der Waals surface area contributed by atoms with Gasteiger partial charge in [0.15, 0.2) is 6.29 Å². The van der Waals surface area contributed by atoms with E-state index in [0.717, 1.165) is 32.3 Å². The van der Waals surface area contributed by atoms with Gasteiger partial charge < -0.3 is 28.4 Å². The monoisotopic (exact) mass is 708 g/mol. The summed E-state index contributed by atoms with van der Waals surface area (Å²) in [5.41, 5.74) is 5.23. The van der Waals surface area contributed by atoms with Crippen LogP contribution in [0.4, 0.5) is 0 Å². The summed E-state index contributed by atoms with van der Waals surface area (Å²) in [6.07, 6.45) is -2.93. The summed E-state index contributed by atoms with van der Waals surface area (Å²) >= 11 is 3.66. The molecule has 0 amide bonds. The molecule has 0 saturated carbocycles. The maximum absolute atomic E-state index is 6.80. The van der Waals surface area contributed by atoms with Crippen molar-refractivity contribution in [3.8, 4) is 0 Å². The fourth-order valence-corrected chi connectivity index (χ4v) is 6.07. The van der Waals surface area contributed by atoms with Crippen molar-refractivity contribution in [1.82, 2.24) is 0 Å². The topological polar surface area (TPSA) is 55.4 Å². The van der Waals surface area contributed by atoms with Gasteiger partial charge in [0, 0.05) is 4.47 Å². The highest BCUT2D eigenvalue weighted by atomic mass is 79.9. The zero-order chi connectivity index (χ0) is 32.8. The van der Waals surface area contributed by atoms with Crippen molar-refractivity contribution in [2.24, 2.45) is 0 Å². The minimum Gasteiger partial charge on any atom is -0.374 e. The normalized spacial score (nSPS) is 20.8. The van der Waals surface area contributed by atoms with E-state index in [9.17, 15) is 0 Å². The summed E-state index contributed by atoms with van der Waals surface area (Å²) in [6, 6.07) is 48.5. The van der Waals surface area contributed by atoms with Crippen molar-refractivity contribution < 1.29 is 28.4 Å². The van der Waals surface area contributed by atoms with Crippen LogP contribution in [0.2, 0.25) is 0 Å².